The van der Waals surface area contributed by atoms with Crippen molar-refractivity contribution < 1.29 is 14.2 Å². The summed E-state index contributed by atoms with van der Waals surface area (Å²) in [6.07, 6.45) is -0.691. The minimum Gasteiger partial charge on any atom is -0.454 e. The summed E-state index contributed by atoms with van der Waals surface area (Å²) >= 11 is 0. The van der Waals surface area contributed by atoms with E-state index in [1.165, 1.54) is 17.7 Å². The zero-order valence-electron chi connectivity index (χ0n) is 11.9. The van der Waals surface area contributed by atoms with E-state index >= 15 is 0 Å². The van der Waals surface area contributed by atoms with E-state index in [0.29, 0.717) is 17.2 Å². The first kappa shape index (κ1) is 14.5. The van der Waals surface area contributed by atoms with E-state index in [2.05, 4.69) is 13.8 Å². The molecule has 3 heteroatoms. The van der Waals surface area contributed by atoms with Gasteiger partial charge in [0.15, 0.2) is 11.6 Å². The van der Waals surface area contributed by atoms with Gasteiger partial charge in [-0.3, -0.25) is 0 Å². The van der Waals surface area contributed by atoms with Crippen molar-refractivity contribution in [2.24, 2.45) is 0 Å². The van der Waals surface area contributed by atoms with E-state index in [1.54, 1.807) is 13.0 Å². The van der Waals surface area contributed by atoms with Crippen LogP contribution in [0.25, 0.3) is 0 Å². The zero-order valence-corrected chi connectivity index (χ0v) is 11.9. The van der Waals surface area contributed by atoms with Gasteiger partial charge in [-0.15, -0.1) is 0 Å². The summed E-state index contributed by atoms with van der Waals surface area (Å²) < 4.78 is 19.4. The van der Waals surface area contributed by atoms with Gasteiger partial charge in [-0.25, -0.2) is 4.39 Å². The van der Waals surface area contributed by atoms with Gasteiger partial charge in [0, 0.05) is 0 Å². The third-order valence-corrected chi connectivity index (χ3v) is 3.21. The Bertz CT molecular complexity index is 574. The fraction of sp³-hybridized carbons (Fsp3) is 0.294. The van der Waals surface area contributed by atoms with Crippen molar-refractivity contribution >= 4 is 0 Å². The highest BCUT2D eigenvalue weighted by Gasteiger charge is 2.09. The molecule has 2 nitrogen and oxygen atoms in total. The van der Waals surface area contributed by atoms with Gasteiger partial charge in [-0.05, 0) is 48.2 Å². The van der Waals surface area contributed by atoms with Crippen molar-refractivity contribution in [2.45, 2.75) is 32.8 Å². The van der Waals surface area contributed by atoms with Crippen molar-refractivity contribution in [3.63, 3.8) is 0 Å². The monoisotopic (exact) mass is 274 g/mol. The molecule has 0 unspecified atom stereocenters. The number of hydrogen-bond donors (Lipinski definition) is 1. The molecular formula is C17H19FO2. The molecule has 2 aromatic carbocycles. The van der Waals surface area contributed by atoms with E-state index in [9.17, 15) is 9.50 Å². The molecule has 0 aliphatic rings. The number of ether oxygens (including phenoxy) is 1. The minimum absolute atomic E-state index is 0.159. The Morgan fingerprint density at radius 2 is 1.55 bits per heavy atom. The highest BCUT2D eigenvalue weighted by Crippen LogP contribution is 2.28. The van der Waals surface area contributed by atoms with Crippen molar-refractivity contribution in [2.75, 3.05) is 0 Å². The fourth-order valence-corrected chi connectivity index (χ4v) is 1.91. The molecule has 2 rings (SSSR count). The topological polar surface area (TPSA) is 29.5 Å². The van der Waals surface area contributed by atoms with E-state index in [1.807, 2.05) is 24.3 Å². The molecule has 0 aromatic heterocycles. The molecule has 0 aliphatic carbocycles. The molecule has 0 radical (unpaired) electrons. The highest BCUT2D eigenvalue weighted by molar-refractivity contribution is 5.36. The predicted octanol–water partition coefficient (Wildman–Crippen LogP) is 4.79. The van der Waals surface area contributed by atoms with Crippen LogP contribution in [0.3, 0.4) is 0 Å². The fourth-order valence-electron chi connectivity index (χ4n) is 1.91. The van der Waals surface area contributed by atoms with Gasteiger partial charge in [0.05, 0.1) is 6.10 Å². The number of aliphatic hydroxyl groups is 1. The van der Waals surface area contributed by atoms with E-state index in [4.69, 9.17) is 4.74 Å². The number of benzene rings is 2. The normalized spacial score (nSPS) is 12.5. The maximum Gasteiger partial charge on any atom is 0.166 e. The molecule has 106 valence electrons. The van der Waals surface area contributed by atoms with Crippen molar-refractivity contribution in [1.82, 2.24) is 0 Å². The summed E-state index contributed by atoms with van der Waals surface area (Å²) in [5, 5.41) is 9.40. The van der Waals surface area contributed by atoms with Gasteiger partial charge in [0.1, 0.15) is 5.75 Å². The SMILES string of the molecule is CC(C)c1ccc(Oc2ccc([C@H](C)O)cc2F)cc1. The van der Waals surface area contributed by atoms with Crippen LogP contribution in [-0.2, 0) is 0 Å². The van der Waals surface area contributed by atoms with E-state index < -0.39 is 11.9 Å². The molecule has 2 aromatic rings. The van der Waals surface area contributed by atoms with Gasteiger partial charge < -0.3 is 9.84 Å². The molecule has 0 saturated heterocycles. The van der Waals surface area contributed by atoms with Crippen LogP contribution >= 0.6 is 0 Å². The van der Waals surface area contributed by atoms with Crippen LogP contribution < -0.4 is 4.74 Å². The second-order valence-corrected chi connectivity index (χ2v) is 5.19. The quantitative estimate of drug-likeness (QED) is 0.868. The molecule has 1 N–H and O–H groups in total. The molecular weight excluding hydrogens is 255 g/mol. The standard InChI is InChI=1S/C17H19FO2/c1-11(2)13-4-7-15(8-5-13)20-17-9-6-14(12(3)19)10-16(17)18/h4-12,19H,1-3H3/t12-/m0/s1. The minimum atomic E-state index is -0.691. The Morgan fingerprint density at radius 1 is 0.950 bits per heavy atom. The molecule has 0 saturated carbocycles. The summed E-state index contributed by atoms with van der Waals surface area (Å²) in [6, 6.07) is 12.1. The Kier molecular flexibility index (Phi) is 4.40. The maximum absolute atomic E-state index is 13.9. The van der Waals surface area contributed by atoms with E-state index in [0.717, 1.165) is 0 Å². The molecule has 20 heavy (non-hydrogen) atoms. The zero-order chi connectivity index (χ0) is 14.7. The van der Waals surface area contributed by atoms with Crippen molar-refractivity contribution in [3.05, 3.63) is 59.4 Å². The molecule has 0 spiro atoms. The molecule has 0 fully saturated rings. The van der Waals surface area contributed by atoms with Crippen LogP contribution in [0.15, 0.2) is 42.5 Å². The van der Waals surface area contributed by atoms with Crippen LogP contribution in [0.4, 0.5) is 4.39 Å². The average molecular weight is 274 g/mol. The molecule has 0 amide bonds. The first-order valence-electron chi connectivity index (χ1n) is 6.72. The number of aliphatic hydroxyl groups excluding tert-OH is 1. The first-order chi connectivity index (χ1) is 9.47. The third-order valence-electron chi connectivity index (χ3n) is 3.21. The van der Waals surface area contributed by atoms with Crippen molar-refractivity contribution in [1.29, 1.82) is 0 Å². The van der Waals surface area contributed by atoms with Gasteiger partial charge >= 0.3 is 0 Å². The second-order valence-electron chi connectivity index (χ2n) is 5.19. The van der Waals surface area contributed by atoms with Gasteiger partial charge in [-0.1, -0.05) is 32.0 Å². The lowest BCUT2D eigenvalue weighted by Crippen LogP contribution is -1.95. The van der Waals surface area contributed by atoms with Crippen LogP contribution in [-0.4, -0.2) is 5.11 Å². The maximum atomic E-state index is 13.9. The lowest BCUT2D eigenvalue weighted by atomic mass is 10.0. The smallest absolute Gasteiger partial charge is 0.166 e. The lowest BCUT2D eigenvalue weighted by molar-refractivity contribution is 0.198. The average Bonchev–Trinajstić information content (AvgIpc) is 2.41. The van der Waals surface area contributed by atoms with Crippen molar-refractivity contribution in [3.8, 4) is 11.5 Å². The predicted molar refractivity (Wildman–Crippen MR) is 77.6 cm³/mol. The number of halogens is 1. The molecule has 1 atom stereocenters. The molecule has 0 heterocycles. The largest absolute Gasteiger partial charge is 0.454 e. The van der Waals surface area contributed by atoms with Gasteiger partial charge in [-0.2, -0.15) is 0 Å². The summed E-state index contributed by atoms with van der Waals surface area (Å²) in [5.74, 6) is 0.729. The Morgan fingerprint density at radius 3 is 2.05 bits per heavy atom. The first-order valence-corrected chi connectivity index (χ1v) is 6.72. The highest BCUT2D eigenvalue weighted by atomic mass is 19.1. The number of hydrogen-bond acceptors (Lipinski definition) is 2. The van der Waals surface area contributed by atoms with E-state index in [-0.39, 0.29) is 5.75 Å². The Labute approximate surface area is 118 Å². The summed E-state index contributed by atoms with van der Waals surface area (Å²) in [4.78, 5) is 0. The summed E-state index contributed by atoms with van der Waals surface area (Å²) in [5.41, 5.74) is 1.74. The van der Waals surface area contributed by atoms with Crippen LogP contribution in [0.2, 0.25) is 0 Å². The van der Waals surface area contributed by atoms with Crippen LogP contribution in [0.5, 0.6) is 11.5 Å². The Balaban J connectivity index is 2.17. The Hall–Kier alpha value is -1.87. The molecule has 0 aliphatic heterocycles. The third kappa shape index (κ3) is 3.36. The van der Waals surface area contributed by atoms with Crippen LogP contribution in [0, 0.1) is 5.82 Å². The van der Waals surface area contributed by atoms with Gasteiger partial charge in [0.25, 0.3) is 0 Å². The number of rotatable bonds is 4. The van der Waals surface area contributed by atoms with Crippen LogP contribution in [0.1, 0.15) is 43.9 Å². The second kappa shape index (κ2) is 6.06. The van der Waals surface area contributed by atoms with Gasteiger partial charge in [0.2, 0.25) is 0 Å². The summed E-state index contributed by atoms with van der Waals surface area (Å²) in [6.45, 7) is 5.83. The lowest BCUT2D eigenvalue weighted by Gasteiger charge is -2.11. The molecule has 0 bridgehead atoms. The summed E-state index contributed by atoms with van der Waals surface area (Å²) in [7, 11) is 0.